The molecule has 0 aliphatic carbocycles. The third-order valence-corrected chi connectivity index (χ3v) is 3.15. The molecule has 0 fully saturated rings. The first-order valence-corrected chi connectivity index (χ1v) is 5.12. The number of furan rings is 1. The monoisotopic (exact) mass is 202 g/mol. The van der Waals surface area contributed by atoms with E-state index >= 15 is 0 Å². The maximum atomic E-state index is 12.0. The zero-order valence-electron chi connectivity index (χ0n) is 7.19. The summed E-state index contributed by atoms with van der Waals surface area (Å²) in [6.07, 6.45) is 1.55. The maximum Gasteiger partial charge on any atom is 0.198 e. The molecule has 1 aromatic carbocycles. The lowest BCUT2D eigenvalue weighted by Crippen LogP contribution is -1.94. The molecule has 3 heteroatoms. The van der Waals surface area contributed by atoms with Gasteiger partial charge in [-0.15, -0.1) is 11.3 Å². The van der Waals surface area contributed by atoms with E-state index in [-0.39, 0.29) is 5.43 Å². The molecule has 0 aliphatic rings. The minimum absolute atomic E-state index is 0.0509. The third-order valence-electron chi connectivity index (χ3n) is 2.27. The summed E-state index contributed by atoms with van der Waals surface area (Å²) < 4.78 is 6.21. The summed E-state index contributed by atoms with van der Waals surface area (Å²) in [7, 11) is 0. The van der Waals surface area contributed by atoms with E-state index in [1.165, 1.54) is 0 Å². The summed E-state index contributed by atoms with van der Waals surface area (Å²) >= 11 is 1.57. The summed E-state index contributed by atoms with van der Waals surface area (Å²) in [5, 5.41) is 3.35. The van der Waals surface area contributed by atoms with Gasteiger partial charge in [-0.25, -0.2) is 0 Å². The molecule has 0 aliphatic heterocycles. The molecule has 2 nitrogen and oxygen atoms in total. The van der Waals surface area contributed by atoms with Crippen molar-refractivity contribution in [3.63, 3.8) is 0 Å². The van der Waals surface area contributed by atoms with Crippen molar-refractivity contribution in [2.24, 2.45) is 0 Å². The Morgan fingerprint density at radius 3 is 2.93 bits per heavy atom. The highest BCUT2D eigenvalue weighted by Gasteiger charge is 2.04. The van der Waals surface area contributed by atoms with Gasteiger partial charge in [0.1, 0.15) is 5.58 Å². The van der Waals surface area contributed by atoms with Gasteiger partial charge in [0, 0.05) is 10.1 Å². The van der Waals surface area contributed by atoms with Crippen LogP contribution >= 0.6 is 11.3 Å². The Morgan fingerprint density at radius 2 is 2.00 bits per heavy atom. The van der Waals surface area contributed by atoms with E-state index in [1.807, 2.05) is 23.6 Å². The van der Waals surface area contributed by atoms with Crippen molar-refractivity contribution in [1.82, 2.24) is 0 Å². The minimum Gasteiger partial charge on any atom is -0.464 e. The second kappa shape index (κ2) is 2.69. The van der Waals surface area contributed by atoms with Gasteiger partial charge in [-0.3, -0.25) is 4.79 Å². The van der Waals surface area contributed by atoms with Crippen LogP contribution < -0.4 is 5.43 Å². The Labute approximate surface area is 83.4 Å². The van der Waals surface area contributed by atoms with Crippen LogP contribution in [0.3, 0.4) is 0 Å². The molecule has 2 aromatic heterocycles. The molecule has 0 amide bonds. The van der Waals surface area contributed by atoms with E-state index in [4.69, 9.17) is 4.42 Å². The van der Waals surface area contributed by atoms with Crippen LogP contribution in [0.2, 0.25) is 0 Å². The zero-order chi connectivity index (χ0) is 9.54. The molecule has 68 valence electrons. The maximum absolute atomic E-state index is 12.0. The highest BCUT2D eigenvalue weighted by molar-refractivity contribution is 7.17. The van der Waals surface area contributed by atoms with Crippen molar-refractivity contribution < 1.29 is 4.42 Å². The molecular formula is C11H6O2S. The first-order valence-electron chi connectivity index (χ1n) is 4.24. The average molecular weight is 202 g/mol. The van der Waals surface area contributed by atoms with Gasteiger partial charge in [0.05, 0.1) is 11.6 Å². The van der Waals surface area contributed by atoms with Crippen LogP contribution in [0.25, 0.3) is 21.1 Å². The lowest BCUT2D eigenvalue weighted by atomic mass is 10.3. The van der Waals surface area contributed by atoms with Crippen molar-refractivity contribution in [1.29, 1.82) is 0 Å². The number of thiophene rings is 1. The second-order valence-electron chi connectivity index (χ2n) is 3.06. The Morgan fingerprint density at radius 1 is 1.07 bits per heavy atom. The Kier molecular flexibility index (Phi) is 1.49. The smallest absolute Gasteiger partial charge is 0.198 e. The van der Waals surface area contributed by atoms with E-state index < -0.39 is 0 Å². The number of hydrogen-bond acceptors (Lipinski definition) is 3. The molecule has 14 heavy (non-hydrogen) atoms. The summed E-state index contributed by atoms with van der Waals surface area (Å²) in [6.45, 7) is 0. The number of fused-ring (bicyclic) bond motifs is 2. The highest BCUT2D eigenvalue weighted by Crippen LogP contribution is 2.20. The van der Waals surface area contributed by atoms with E-state index in [2.05, 4.69) is 0 Å². The molecule has 0 unspecified atom stereocenters. The van der Waals surface area contributed by atoms with E-state index in [1.54, 1.807) is 23.7 Å². The van der Waals surface area contributed by atoms with Crippen molar-refractivity contribution in [3.8, 4) is 0 Å². The standard InChI is InChI=1S/C11H6O2S/c12-11-7-3-5-13-9(7)1-2-10-8(11)4-6-14-10/h1-6H. The second-order valence-corrected chi connectivity index (χ2v) is 4.01. The Balaban J connectivity index is 2.74. The van der Waals surface area contributed by atoms with Gasteiger partial charge in [0.15, 0.2) is 5.43 Å². The van der Waals surface area contributed by atoms with Gasteiger partial charge in [-0.1, -0.05) is 0 Å². The Bertz CT molecular complexity index is 607. The van der Waals surface area contributed by atoms with Crippen molar-refractivity contribution in [2.75, 3.05) is 0 Å². The van der Waals surface area contributed by atoms with Crippen molar-refractivity contribution >= 4 is 32.4 Å². The summed E-state index contributed by atoms with van der Waals surface area (Å²) in [5.74, 6) is 0. The zero-order valence-corrected chi connectivity index (χ0v) is 8.01. The van der Waals surface area contributed by atoms with E-state index in [0.29, 0.717) is 11.0 Å². The fourth-order valence-corrected chi connectivity index (χ4v) is 2.36. The lowest BCUT2D eigenvalue weighted by molar-refractivity contribution is 0.616. The van der Waals surface area contributed by atoms with Gasteiger partial charge in [-0.2, -0.15) is 0 Å². The average Bonchev–Trinajstić information content (AvgIpc) is 2.81. The fraction of sp³-hybridized carbons (Fsp3) is 0. The van der Waals surface area contributed by atoms with Gasteiger partial charge in [0.2, 0.25) is 0 Å². The molecule has 0 bridgehead atoms. The van der Waals surface area contributed by atoms with Crippen LogP contribution in [-0.4, -0.2) is 0 Å². The first kappa shape index (κ1) is 7.76. The Hall–Kier alpha value is -1.61. The van der Waals surface area contributed by atoms with Gasteiger partial charge < -0.3 is 4.42 Å². The van der Waals surface area contributed by atoms with Crippen molar-refractivity contribution in [3.05, 3.63) is 46.1 Å². The fourth-order valence-electron chi connectivity index (χ4n) is 1.57. The SMILES string of the molecule is O=c1c2ccoc2ccc2sccc12. The van der Waals surface area contributed by atoms with Crippen LogP contribution in [0, 0.1) is 0 Å². The predicted molar refractivity (Wildman–Crippen MR) is 57.9 cm³/mol. The van der Waals surface area contributed by atoms with Gasteiger partial charge in [-0.05, 0) is 29.6 Å². The highest BCUT2D eigenvalue weighted by atomic mass is 32.1. The predicted octanol–water partition coefficient (Wildman–Crippen LogP) is 3.01. The molecule has 0 spiro atoms. The van der Waals surface area contributed by atoms with Crippen molar-refractivity contribution in [2.45, 2.75) is 0 Å². The van der Waals surface area contributed by atoms with Crippen LogP contribution in [0.15, 0.2) is 45.1 Å². The summed E-state index contributed by atoms with van der Waals surface area (Å²) in [5.41, 5.74) is 0.702. The third kappa shape index (κ3) is 0.930. The molecule has 0 saturated carbocycles. The summed E-state index contributed by atoms with van der Waals surface area (Å²) in [4.78, 5) is 12.0. The summed E-state index contributed by atoms with van der Waals surface area (Å²) in [6, 6.07) is 7.34. The molecule has 0 N–H and O–H groups in total. The first-order chi connectivity index (χ1) is 6.86. The minimum atomic E-state index is 0.0509. The lowest BCUT2D eigenvalue weighted by Gasteiger charge is -1.76. The molecule has 0 radical (unpaired) electrons. The molecular weight excluding hydrogens is 196 g/mol. The van der Waals surface area contributed by atoms with E-state index in [0.717, 1.165) is 10.1 Å². The topological polar surface area (TPSA) is 30.2 Å². The van der Waals surface area contributed by atoms with Crippen LogP contribution in [0.1, 0.15) is 0 Å². The molecule has 2 heterocycles. The van der Waals surface area contributed by atoms with Crippen LogP contribution in [-0.2, 0) is 0 Å². The largest absolute Gasteiger partial charge is 0.464 e. The molecule has 3 aromatic rings. The van der Waals surface area contributed by atoms with Crippen LogP contribution in [0.5, 0.6) is 0 Å². The quantitative estimate of drug-likeness (QED) is 0.561. The van der Waals surface area contributed by atoms with Crippen LogP contribution in [0.4, 0.5) is 0 Å². The molecule has 0 atom stereocenters. The molecule has 3 rings (SSSR count). The number of rotatable bonds is 0. The van der Waals surface area contributed by atoms with Gasteiger partial charge >= 0.3 is 0 Å². The normalized spacial score (nSPS) is 11.1. The number of hydrogen-bond donors (Lipinski definition) is 0. The van der Waals surface area contributed by atoms with E-state index in [9.17, 15) is 4.79 Å². The van der Waals surface area contributed by atoms with Gasteiger partial charge in [0.25, 0.3) is 0 Å². The molecule has 0 saturated heterocycles.